The van der Waals surface area contributed by atoms with Gasteiger partial charge in [-0.3, -0.25) is 9.89 Å². The van der Waals surface area contributed by atoms with Crippen molar-refractivity contribution in [2.75, 3.05) is 45.9 Å². The highest BCUT2D eigenvalue weighted by Crippen LogP contribution is 2.26. The van der Waals surface area contributed by atoms with Gasteiger partial charge in [0.15, 0.2) is 5.96 Å². The lowest BCUT2D eigenvalue weighted by Crippen LogP contribution is -2.47. The third-order valence-corrected chi connectivity index (χ3v) is 3.88. The Balaban J connectivity index is 1.82. The summed E-state index contributed by atoms with van der Waals surface area (Å²) in [6.07, 6.45) is -3.44. The van der Waals surface area contributed by atoms with Crippen molar-refractivity contribution in [2.24, 2.45) is 10.4 Å². The van der Waals surface area contributed by atoms with Gasteiger partial charge in [0.2, 0.25) is 0 Å². The van der Waals surface area contributed by atoms with Gasteiger partial charge in [0.1, 0.15) is 0 Å². The van der Waals surface area contributed by atoms with E-state index in [4.69, 9.17) is 4.74 Å². The zero-order valence-electron chi connectivity index (χ0n) is 13.2. The van der Waals surface area contributed by atoms with Gasteiger partial charge in [0, 0.05) is 31.1 Å². The number of likely N-dealkylation sites (tertiary alicyclic amines) is 1. The molecule has 5 nitrogen and oxygen atoms in total. The maximum atomic E-state index is 12.4. The predicted molar refractivity (Wildman–Crippen MR) is 78.9 cm³/mol. The lowest BCUT2D eigenvalue weighted by molar-refractivity contribution is -0.143. The van der Waals surface area contributed by atoms with Crippen LogP contribution in [-0.2, 0) is 4.74 Å². The van der Waals surface area contributed by atoms with Crippen LogP contribution >= 0.6 is 0 Å². The van der Waals surface area contributed by atoms with Gasteiger partial charge in [-0.25, -0.2) is 0 Å². The fraction of sp³-hybridized carbons (Fsp3) is 0.929. The van der Waals surface area contributed by atoms with Crippen LogP contribution in [0, 0.1) is 5.41 Å². The van der Waals surface area contributed by atoms with E-state index in [1.807, 2.05) is 6.92 Å². The smallest absolute Gasteiger partial charge is 0.380 e. The second kappa shape index (κ2) is 7.04. The summed E-state index contributed by atoms with van der Waals surface area (Å²) in [6, 6.07) is 0.00518. The summed E-state index contributed by atoms with van der Waals surface area (Å²) < 4.78 is 42.4. The van der Waals surface area contributed by atoms with Gasteiger partial charge in [-0.2, -0.15) is 13.2 Å². The fourth-order valence-corrected chi connectivity index (χ4v) is 2.67. The number of nitrogens with zero attached hydrogens (tertiary/aromatic N) is 2. The van der Waals surface area contributed by atoms with E-state index in [1.165, 1.54) is 4.90 Å². The highest BCUT2D eigenvalue weighted by atomic mass is 19.4. The lowest BCUT2D eigenvalue weighted by atomic mass is 9.89. The Morgan fingerprint density at radius 3 is 2.68 bits per heavy atom. The van der Waals surface area contributed by atoms with Gasteiger partial charge in [0.25, 0.3) is 0 Å². The average Bonchev–Trinajstić information content (AvgIpc) is 2.79. The highest BCUT2D eigenvalue weighted by molar-refractivity contribution is 5.80. The summed E-state index contributed by atoms with van der Waals surface area (Å²) in [5.74, 6) is 0.675. The molecule has 0 bridgehead atoms. The van der Waals surface area contributed by atoms with Crippen molar-refractivity contribution >= 4 is 5.96 Å². The van der Waals surface area contributed by atoms with E-state index >= 15 is 0 Å². The number of hydrogen-bond donors (Lipinski definition) is 2. The maximum absolute atomic E-state index is 12.4. The van der Waals surface area contributed by atoms with Crippen LogP contribution < -0.4 is 10.6 Å². The average molecular weight is 322 g/mol. The third kappa shape index (κ3) is 5.31. The van der Waals surface area contributed by atoms with Gasteiger partial charge < -0.3 is 15.4 Å². The summed E-state index contributed by atoms with van der Waals surface area (Å²) in [4.78, 5) is 5.98. The number of guanidine groups is 1. The van der Waals surface area contributed by atoms with E-state index in [-0.39, 0.29) is 11.5 Å². The molecule has 1 atom stereocenters. The minimum absolute atomic E-state index is 0.00518. The number of aliphatic imine (C=N–C) groups is 1. The first kappa shape index (κ1) is 17.3. The molecule has 0 saturated carbocycles. The maximum Gasteiger partial charge on any atom is 0.401 e. The molecule has 2 rings (SSSR count). The van der Waals surface area contributed by atoms with Crippen molar-refractivity contribution in [3.05, 3.63) is 0 Å². The molecule has 0 aromatic carbocycles. The zero-order chi connectivity index (χ0) is 16.2. The molecule has 1 unspecified atom stereocenters. The normalized spacial score (nSPS) is 25.9. The van der Waals surface area contributed by atoms with Crippen LogP contribution in [0.2, 0.25) is 0 Å². The van der Waals surface area contributed by atoms with E-state index in [1.54, 1.807) is 0 Å². The molecule has 2 fully saturated rings. The molecule has 2 saturated heterocycles. The second-order valence-corrected chi connectivity index (χ2v) is 6.48. The Morgan fingerprint density at radius 1 is 1.41 bits per heavy atom. The number of alkyl halides is 3. The third-order valence-electron chi connectivity index (χ3n) is 3.88. The number of nitrogens with one attached hydrogen (secondary N) is 2. The Hall–Kier alpha value is -1.02. The summed E-state index contributed by atoms with van der Waals surface area (Å²) in [5.41, 5.74) is 0.0837. The first-order valence-electron chi connectivity index (χ1n) is 7.71. The van der Waals surface area contributed by atoms with Crippen LogP contribution in [0.1, 0.15) is 20.3 Å². The summed E-state index contributed by atoms with van der Waals surface area (Å²) in [7, 11) is 0. The van der Waals surface area contributed by atoms with Crippen LogP contribution in [0.25, 0.3) is 0 Å². The molecule has 2 aliphatic heterocycles. The molecule has 0 aromatic heterocycles. The quantitative estimate of drug-likeness (QED) is 0.590. The van der Waals surface area contributed by atoms with Crippen LogP contribution in [0.15, 0.2) is 4.99 Å². The molecule has 0 amide bonds. The number of ether oxygens (including phenoxy) is 1. The van der Waals surface area contributed by atoms with Crippen molar-refractivity contribution in [3.8, 4) is 0 Å². The molecule has 2 heterocycles. The molecule has 0 radical (unpaired) electrons. The van der Waals surface area contributed by atoms with E-state index in [9.17, 15) is 13.2 Å². The molecule has 22 heavy (non-hydrogen) atoms. The van der Waals surface area contributed by atoms with E-state index in [0.29, 0.717) is 45.2 Å². The van der Waals surface area contributed by atoms with Crippen molar-refractivity contribution in [3.63, 3.8) is 0 Å². The summed E-state index contributed by atoms with van der Waals surface area (Å²) in [6.45, 7) is 6.89. The van der Waals surface area contributed by atoms with Crippen LogP contribution in [0.5, 0.6) is 0 Å². The Morgan fingerprint density at radius 2 is 2.14 bits per heavy atom. The van der Waals surface area contributed by atoms with E-state index in [0.717, 1.165) is 6.54 Å². The lowest BCUT2D eigenvalue weighted by Gasteiger charge is -2.36. The molecule has 2 N–H and O–H groups in total. The van der Waals surface area contributed by atoms with Crippen LogP contribution in [0.4, 0.5) is 13.2 Å². The molecule has 2 aliphatic rings. The molecule has 128 valence electrons. The van der Waals surface area contributed by atoms with Gasteiger partial charge in [-0.1, -0.05) is 6.92 Å². The van der Waals surface area contributed by atoms with Gasteiger partial charge >= 0.3 is 6.18 Å². The number of rotatable bonds is 5. The Kier molecular flexibility index (Phi) is 5.55. The van der Waals surface area contributed by atoms with E-state index < -0.39 is 12.7 Å². The monoisotopic (exact) mass is 322 g/mol. The Labute approximate surface area is 129 Å². The standard InChI is InChI=1S/C14H25F3N4O/c1-3-18-12(19-7-13(2)9-22-10-13)20-11-4-5-21(6-11)8-14(15,16)17/h11H,3-10H2,1-2H3,(H2,18,19,20). The van der Waals surface area contributed by atoms with Crippen molar-refractivity contribution in [1.82, 2.24) is 15.5 Å². The fourth-order valence-electron chi connectivity index (χ4n) is 2.67. The molecule has 0 aliphatic carbocycles. The summed E-state index contributed by atoms with van der Waals surface area (Å²) in [5, 5.41) is 6.39. The molecular formula is C14H25F3N4O. The second-order valence-electron chi connectivity index (χ2n) is 6.48. The number of halogens is 3. The first-order valence-corrected chi connectivity index (χ1v) is 7.71. The predicted octanol–water partition coefficient (Wildman–Crippen LogP) is 1.21. The molecule has 8 heteroatoms. The topological polar surface area (TPSA) is 48.9 Å². The van der Waals surface area contributed by atoms with Crippen LogP contribution in [0.3, 0.4) is 0 Å². The Bertz CT molecular complexity index is 396. The SMILES string of the molecule is CCNC(=NCC1(C)COC1)NC1CCN(CC(F)(F)F)C1. The minimum atomic E-state index is -4.13. The van der Waals surface area contributed by atoms with Crippen molar-refractivity contribution < 1.29 is 17.9 Å². The molecule has 0 aromatic rings. The molecular weight excluding hydrogens is 297 g/mol. The number of hydrogen-bond acceptors (Lipinski definition) is 3. The van der Waals surface area contributed by atoms with Gasteiger partial charge in [-0.05, 0) is 13.3 Å². The summed E-state index contributed by atoms with van der Waals surface area (Å²) >= 11 is 0. The molecule has 0 spiro atoms. The minimum Gasteiger partial charge on any atom is -0.380 e. The largest absolute Gasteiger partial charge is 0.401 e. The first-order chi connectivity index (χ1) is 10.3. The van der Waals surface area contributed by atoms with Crippen LogP contribution in [-0.4, -0.2) is 69.0 Å². The van der Waals surface area contributed by atoms with Crippen molar-refractivity contribution in [1.29, 1.82) is 0 Å². The van der Waals surface area contributed by atoms with Gasteiger partial charge in [-0.15, -0.1) is 0 Å². The van der Waals surface area contributed by atoms with Crippen molar-refractivity contribution in [2.45, 2.75) is 32.5 Å². The highest BCUT2D eigenvalue weighted by Gasteiger charge is 2.35. The van der Waals surface area contributed by atoms with Gasteiger partial charge in [0.05, 0.1) is 26.3 Å². The van der Waals surface area contributed by atoms with E-state index in [2.05, 4.69) is 22.5 Å². The zero-order valence-corrected chi connectivity index (χ0v) is 13.2.